The molecular formula is C21H30N6O2. The molecule has 8 nitrogen and oxygen atoms in total. The van der Waals surface area contributed by atoms with E-state index in [4.69, 9.17) is 9.72 Å². The fourth-order valence-corrected chi connectivity index (χ4v) is 4.42. The maximum absolute atomic E-state index is 9.60. The number of nitrogens with zero attached hydrogens (tertiary/aromatic N) is 5. The highest BCUT2D eigenvalue weighted by Crippen LogP contribution is 2.46. The number of anilines is 4. The number of aliphatic hydroxyl groups excluding tert-OH is 1. The lowest BCUT2D eigenvalue weighted by atomic mass is 9.88. The van der Waals surface area contributed by atoms with Crippen molar-refractivity contribution in [2.75, 3.05) is 41.8 Å². The highest BCUT2D eigenvalue weighted by Gasteiger charge is 2.40. The lowest BCUT2D eigenvalue weighted by molar-refractivity contribution is -0.00545. The summed E-state index contributed by atoms with van der Waals surface area (Å²) in [6, 6.07) is 4.16. The summed E-state index contributed by atoms with van der Waals surface area (Å²) < 4.78 is 5.83. The first-order chi connectivity index (χ1) is 13.8. The Balaban J connectivity index is 1.67. The van der Waals surface area contributed by atoms with E-state index in [0.717, 1.165) is 48.3 Å². The van der Waals surface area contributed by atoms with Crippen molar-refractivity contribution in [3.8, 4) is 0 Å². The van der Waals surface area contributed by atoms with Gasteiger partial charge in [-0.15, -0.1) is 0 Å². The Hall–Kier alpha value is -2.45. The molecule has 4 heterocycles. The van der Waals surface area contributed by atoms with Gasteiger partial charge in [-0.1, -0.05) is 13.8 Å². The fraction of sp³-hybridized carbons (Fsp3) is 0.571. The summed E-state index contributed by atoms with van der Waals surface area (Å²) in [5.74, 6) is 2.98. The number of pyridine rings is 1. The largest absolute Gasteiger partial charge is 0.388 e. The molecule has 0 radical (unpaired) electrons. The molecule has 0 aliphatic carbocycles. The van der Waals surface area contributed by atoms with Crippen molar-refractivity contribution in [2.24, 2.45) is 0 Å². The first kappa shape index (κ1) is 19.8. The van der Waals surface area contributed by atoms with Crippen LogP contribution < -0.4 is 15.1 Å². The van der Waals surface area contributed by atoms with E-state index < -0.39 is 0 Å². The molecule has 2 N–H and O–H groups in total. The zero-order chi connectivity index (χ0) is 20.8. The molecule has 1 fully saturated rings. The second-order valence-electron chi connectivity index (χ2n) is 8.60. The summed E-state index contributed by atoms with van der Waals surface area (Å²) in [6.45, 7) is 10.8. The average Bonchev–Trinajstić information content (AvgIpc) is 2.97. The van der Waals surface area contributed by atoms with Crippen molar-refractivity contribution in [2.45, 2.75) is 51.9 Å². The first-order valence-electron chi connectivity index (χ1n) is 10.2. The summed E-state index contributed by atoms with van der Waals surface area (Å²) in [7, 11) is 1.85. The van der Waals surface area contributed by atoms with E-state index in [2.05, 4.69) is 64.9 Å². The smallest absolute Gasteiger partial charge is 0.158 e. The Labute approximate surface area is 171 Å². The number of ether oxygens (including phenoxy) is 1. The van der Waals surface area contributed by atoms with Gasteiger partial charge in [-0.2, -0.15) is 0 Å². The predicted molar refractivity (Wildman–Crippen MR) is 114 cm³/mol. The van der Waals surface area contributed by atoms with Crippen LogP contribution in [0.1, 0.15) is 39.1 Å². The zero-order valence-electron chi connectivity index (χ0n) is 17.8. The van der Waals surface area contributed by atoms with Gasteiger partial charge in [-0.25, -0.2) is 15.0 Å². The van der Waals surface area contributed by atoms with Gasteiger partial charge in [0.15, 0.2) is 5.82 Å². The topological polar surface area (TPSA) is 86.6 Å². The molecule has 2 aliphatic heterocycles. The van der Waals surface area contributed by atoms with Crippen LogP contribution in [0, 0.1) is 0 Å². The number of rotatable bonds is 4. The van der Waals surface area contributed by atoms with Gasteiger partial charge in [-0.05, 0) is 26.0 Å². The number of aromatic nitrogens is 3. The van der Waals surface area contributed by atoms with Gasteiger partial charge in [0, 0.05) is 37.7 Å². The predicted octanol–water partition coefficient (Wildman–Crippen LogP) is 2.45. The van der Waals surface area contributed by atoms with Gasteiger partial charge in [0.1, 0.15) is 24.1 Å². The second-order valence-corrected chi connectivity index (χ2v) is 8.60. The summed E-state index contributed by atoms with van der Waals surface area (Å²) in [6.07, 6.45) is 2.30. The van der Waals surface area contributed by atoms with Crippen LogP contribution in [-0.4, -0.2) is 58.9 Å². The van der Waals surface area contributed by atoms with E-state index in [1.165, 1.54) is 0 Å². The van der Waals surface area contributed by atoms with Crippen LogP contribution in [0.25, 0.3) is 0 Å². The van der Waals surface area contributed by atoms with Crippen LogP contribution in [0.3, 0.4) is 0 Å². The van der Waals surface area contributed by atoms with Crippen LogP contribution in [0.2, 0.25) is 0 Å². The summed E-state index contributed by atoms with van der Waals surface area (Å²) in [5.41, 5.74) is 1.92. The second kappa shape index (κ2) is 7.42. The third-order valence-corrected chi connectivity index (χ3v) is 5.59. The molecule has 0 amide bonds. The van der Waals surface area contributed by atoms with E-state index >= 15 is 0 Å². The molecule has 29 heavy (non-hydrogen) atoms. The van der Waals surface area contributed by atoms with Crippen LogP contribution in [0.15, 0.2) is 18.3 Å². The third kappa shape index (κ3) is 3.62. The zero-order valence-corrected chi connectivity index (χ0v) is 17.8. The van der Waals surface area contributed by atoms with Crippen molar-refractivity contribution in [1.29, 1.82) is 0 Å². The SMILES string of the molecule is CNc1nc(CO)nc2c1C(C)(C)CN2c1ccc(N2C[C@@H](C)O[C@@H](C)C2)nc1. The van der Waals surface area contributed by atoms with Crippen molar-refractivity contribution in [1.82, 2.24) is 15.0 Å². The average molecular weight is 399 g/mol. The Morgan fingerprint density at radius 3 is 2.52 bits per heavy atom. The molecule has 0 aromatic carbocycles. The first-order valence-corrected chi connectivity index (χ1v) is 10.2. The van der Waals surface area contributed by atoms with Gasteiger partial charge in [0.05, 0.1) is 24.1 Å². The highest BCUT2D eigenvalue weighted by atomic mass is 16.5. The number of fused-ring (bicyclic) bond motifs is 1. The number of morpholine rings is 1. The van der Waals surface area contributed by atoms with Crippen molar-refractivity contribution in [3.63, 3.8) is 0 Å². The minimum absolute atomic E-state index is 0.130. The van der Waals surface area contributed by atoms with Gasteiger partial charge in [0.25, 0.3) is 0 Å². The Morgan fingerprint density at radius 1 is 1.21 bits per heavy atom. The standard InChI is InChI=1S/C21H30N6O2/c1-13-9-26(10-14(2)29-13)17-7-6-15(8-23-17)27-12-21(3,4)18-19(22-5)24-16(11-28)25-20(18)27/h6-8,13-14,28H,9-12H2,1-5H3,(H,22,24,25)/t13-,14+. The number of aliphatic hydroxyl groups is 1. The molecule has 2 atom stereocenters. The maximum atomic E-state index is 9.60. The molecule has 2 aromatic heterocycles. The monoisotopic (exact) mass is 398 g/mol. The molecule has 2 aliphatic rings. The molecule has 0 saturated carbocycles. The minimum Gasteiger partial charge on any atom is -0.388 e. The number of nitrogens with one attached hydrogen (secondary N) is 1. The third-order valence-electron chi connectivity index (χ3n) is 5.59. The molecule has 156 valence electrons. The molecule has 0 spiro atoms. The van der Waals surface area contributed by atoms with Crippen molar-refractivity contribution < 1.29 is 9.84 Å². The van der Waals surface area contributed by atoms with Crippen LogP contribution in [0.4, 0.5) is 23.1 Å². The summed E-state index contributed by atoms with van der Waals surface area (Å²) in [5, 5.41) is 12.8. The van der Waals surface area contributed by atoms with Gasteiger partial charge >= 0.3 is 0 Å². The lowest BCUT2D eigenvalue weighted by Gasteiger charge is -2.36. The van der Waals surface area contributed by atoms with Gasteiger partial charge < -0.3 is 25.0 Å². The molecule has 4 rings (SSSR count). The van der Waals surface area contributed by atoms with E-state index in [1.807, 2.05) is 13.2 Å². The van der Waals surface area contributed by atoms with E-state index in [1.54, 1.807) is 0 Å². The summed E-state index contributed by atoms with van der Waals surface area (Å²) in [4.78, 5) is 18.3. The van der Waals surface area contributed by atoms with Crippen molar-refractivity contribution in [3.05, 3.63) is 29.7 Å². The van der Waals surface area contributed by atoms with Crippen LogP contribution >= 0.6 is 0 Å². The number of hydrogen-bond acceptors (Lipinski definition) is 8. The molecule has 1 saturated heterocycles. The van der Waals surface area contributed by atoms with Gasteiger partial charge in [0.2, 0.25) is 0 Å². The fourth-order valence-electron chi connectivity index (χ4n) is 4.42. The quantitative estimate of drug-likeness (QED) is 0.812. The highest BCUT2D eigenvalue weighted by molar-refractivity contribution is 5.74. The van der Waals surface area contributed by atoms with Crippen LogP contribution in [0.5, 0.6) is 0 Å². The van der Waals surface area contributed by atoms with E-state index in [-0.39, 0.29) is 24.2 Å². The van der Waals surface area contributed by atoms with Gasteiger partial charge in [-0.3, -0.25) is 0 Å². The molecule has 0 bridgehead atoms. The molecule has 8 heteroatoms. The molecule has 2 aromatic rings. The Morgan fingerprint density at radius 2 is 1.93 bits per heavy atom. The Bertz CT molecular complexity index is 875. The van der Waals surface area contributed by atoms with E-state index in [9.17, 15) is 5.11 Å². The van der Waals surface area contributed by atoms with Crippen molar-refractivity contribution >= 4 is 23.1 Å². The summed E-state index contributed by atoms with van der Waals surface area (Å²) >= 11 is 0. The van der Waals surface area contributed by atoms with E-state index in [0.29, 0.717) is 5.82 Å². The van der Waals surface area contributed by atoms with Crippen LogP contribution in [-0.2, 0) is 16.8 Å². The molecule has 0 unspecified atom stereocenters. The Kier molecular flexibility index (Phi) is 5.08. The maximum Gasteiger partial charge on any atom is 0.158 e. The number of hydrogen-bond donors (Lipinski definition) is 2. The lowest BCUT2D eigenvalue weighted by Crippen LogP contribution is -2.45. The normalized spacial score (nSPS) is 23.2. The molecular weight excluding hydrogens is 368 g/mol. The minimum atomic E-state index is -0.194.